The van der Waals surface area contributed by atoms with Gasteiger partial charge in [-0.25, -0.2) is 17.6 Å². The number of alkyl halides is 2. The fourth-order valence-electron chi connectivity index (χ4n) is 3.63. The second kappa shape index (κ2) is 7.91. The fraction of sp³-hybridized carbons (Fsp3) is 0.381. The number of nitrogens with zero attached hydrogens (tertiary/aromatic N) is 1. The van der Waals surface area contributed by atoms with Gasteiger partial charge in [0, 0.05) is 12.0 Å². The Bertz CT molecular complexity index is 871. The van der Waals surface area contributed by atoms with E-state index in [9.17, 15) is 18.0 Å². The first kappa shape index (κ1) is 20.3. The number of rotatable bonds is 5. The summed E-state index contributed by atoms with van der Waals surface area (Å²) < 4.78 is 56.9. The van der Waals surface area contributed by atoms with Gasteiger partial charge in [-0.15, -0.1) is 0 Å². The van der Waals surface area contributed by atoms with E-state index in [2.05, 4.69) is 0 Å². The van der Waals surface area contributed by atoms with Crippen LogP contribution in [0.5, 0.6) is 0 Å². The Morgan fingerprint density at radius 3 is 2.61 bits per heavy atom. The first-order chi connectivity index (χ1) is 13.2. The van der Waals surface area contributed by atoms with Crippen molar-refractivity contribution in [1.29, 1.82) is 0 Å². The fourth-order valence-corrected chi connectivity index (χ4v) is 3.63. The van der Waals surface area contributed by atoms with Crippen LogP contribution in [0.2, 0.25) is 0 Å². The molecule has 28 heavy (non-hydrogen) atoms. The van der Waals surface area contributed by atoms with Crippen molar-refractivity contribution in [3.63, 3.8) is 0 Å². The van der Waals surface area contributed by atoms with E-state index >= 15 is 4.39 Å². The van der Waals surface area contributed by atoms with Gasteiger partial charge in [0.15, 0.2) is 0 Å². The zero-order valence-corrected chi connectivity index (χ0v) is 15.5. The Balaban J connectivity index is 1.93. The van der Waals surface area contributed by atoms with E-state index in [1.165, 1.54) is 30.3 Å². The molecule has 0 radical (unpaired) electrons. The van der Waals surface area contributed by atoms with Crippen LogP contribution in [0.4, 0.5) is 17.6 Å². The summed E-state index contributed by atoms with van der Waals surface area (Å²) in [6.07, 6.45) is 0.512. The summed E-state index contributed by atoms with van der Waals surface area (Å²) in [7, 11) is 0. The standard InChI is InChI=1S/C21H22F4N2O/c1-2-5-18(28)27-12-21(24,25)20(26)17(27)11-14-7-4-9-16(19(14)23)13-6-3-8-15(22)10-13/h3-4,6-10,17,20H,2,5,11-12,26H2,1H3/t17-,20+/m0/s1. The van der Waals surface area contributed by atoms with Crippen LogP contribution in [0.15, 0.2) is 42.5 Å². The maximum atomic E-state index is 15.1. The summed E-state index contributed by atoms with van der Waals surface area (Å²) in [6.45, 7) is 1.02. The number of hydrogen-bond donors (Lipinski definition) is 1. The molecule has 7 heteroatoms. The van der Waals surface area contributed by atoms with Crippen molar-refractivity contribution < 1.29 is 22.4 Å². The summed E-state index contributed by atoms with van der Waals surface area (Å²) in [5.41, 5.74) is 6.41. The number of nitrogens with two attached hydrogens (primary N) is 1. The van der Waals surface area contributed by atoms with Gasteiger partial charge in [0.25, 0.3) is 5.92 Å². The lowest BCUT2D eigenvalue weighted by Gasteiger charge is -2.26. The van der Waals surface area contributed by atoms with E-state index in [0.29, 0.717) is 12.0 Å². The summed E-state index contributed by atoms with van der Waals surface area (Å²) in [6, 6.07) is 7.46. The molecular formula is C21H22F4N2O. The lowest BCUT2D eigenvalue weighted by atomic mass is 9.95. The SMILES string of the molecule is CCCC(=O)N1CC(F)(F)[C@H](N)[C@@H]1Cc1cccc(-c2cccc(F)c2)c1F. The summed E-state index contributed by atoms with van der Waals surface area (Å²) >= 11 is 0. The molecule has 0 spiro atoms. The second-order valence-electron chi connectivity index (χ2n) is 7.12. The van der Waals surface area contributed by atoms with Gasteiger partial charge in [0.2, 0.25) is 5.91 Å². The zero-order chi connectivity index (χ0) is 20.5. The third-order valence-electron chi connectivity index (χ3n) is 5.11. The average Bonchev–Trinajstić information content (AvgIpc) is 2.87. The number of halogens is 4. The van der Waals surface area contributed by atoms with E-state index in [4.69, 9.17) is 5.73 Å². The smallest absolute Gasteiger partial charge is 0.282 e. The average molecular weight is 394 g/mol. The van der Waals surface area contributed by atoms with Crippen LogP contribution < -0.4 is 5.73 Å². The normalized spacial score (nSPS) is 21.1. The molecule has 150 valence electrons. The van der Waals surface area contributed by atoms with Gasteiger partial charge in [-0.3, -0.25) is 4.79 Å². The number of amides is 1. The molecule has 2 aromatic carbocycles. The molecule has 2 atom stereocenters. The van der Waals surface area contributed by atoms with Gasteiger partial charge in [0.1, 0.15) is 11.6 Å². The van der Waals surface area contributed by atoms with E-state index < -0.39 is 42.1 Å². The third-order valence-corrected chi connectivity index (χ3v) is 5.11. The highest BCUT2D eigenvalue weighted by Crippen LogP contribution is 2.35. The monoisotopic (exact) mass is 394 g/mol. The molecule has 0 saturated carbocycles. The van der Waals surface area contributed by atoms with Gasteiger partial charge in [-0.05, 0) is 36.1 Å². The molecule has 2 N–H and O–H groups in total. The molecule has 3 nitrogen and oxygen atoms in total. The Hall–Kier alpha value is -2.41. The summed E-state index contributed by atoms with van der Waals surface area (Å²) in [5, 5.41) is 0. The molecule has 0 bridgehead atoms. The highest BCUT2D eigenvalue weighted by atomic mass is 19.3. The van der Waals surface area contributed by atoms with Crippen molar-refractivity contribution in [3.8, 4) is 11.1 Å². The predicted molar refractivity (Wildman–Crippen MR) is 98.8 cm³/mol. The molecule has 2 aromatic rings. The van der Waals surface area contributed by atoms with Crippen molar-refractivity contribution in [2.75, 3.05) is 6.54 Å². The van der Waals surface area contributed by atoms with Crippen LogP contribution >= 0.6 is 0 Å². The van der Waals surface area contributed by atoms with Gasteiger partial charge in [-0.1, -0.05) is 37.3 Å². The van der Waals surface area contributed by atoms with Crippen molar-refractivity contribution in [3.05, 3.63) is 59.7 Å². The number of hydrogen-bond acceptors (Lipinski definition) is 2. The Morgan fingerprint density at radius 1 is 1.21 bits per heavy atom. The highest BCUT2D eigenvalue weighted by molar-refractivity contribution is 5.77. The minimum absolute atomic E-state index is 0.130. The Labute approximate surface area is 161 Å². The topological polar surface area (TPSA) is 46.3 Å². The van der Waals surface area contributed by atoms with Crippen LogP contribution in [0.25, 0.3) is 11.1 Å². The minimum atomic E-state index is -3.23. The zero-order valence-electron chi connectivity index (χ0n) is 15.5. The summed E-state index contributed by atoms with van der Waals surface area (Å²) in [4.78, 5) is 13.4. The lowest BCUT2D eigenvalue weighted by molar-refractivity contribution is -0.133. The predicted octanol–water partition coefficient (Wildman–Crippen LogP) is 4.15. The lowest BCUT2D eigenvalue weighted by Crippen LogP contribution is -2.47. The maximum absolute atomic E-state index is 15.1. The van der Waals surface area contributed by atoms with Gasteiger partial charge >= 0.3 is 0 Å². The van der Waals surface area contributed by atoms with E-state index in [-0.39, 0.29) is 24.0 Å². The molecule has 1 amide bonds. The number of carbonyl (C=O) groups excluding carboxylic acids is 1. The molecule has 0 unspecified atom stereocenters. The molecule has 1 aliphatic heterocycles. The van der Waals surface area contributed by atoms with Crippen molar-refractivity contribution in [2.45, 2.75) is 44.2 Å². The Kier molecular flexibility index (Phi) is 5.74. The molecule has 0 aliphatic carbocycles. The molecule has 1 aliphatic rings. The van der Waals surface area contributed by atoms with Crippen LogP contribution in [-0.2, 0) is 11.2 Å². The largest absolute Gasteiger partial charge is 0.331 e. The van der Waals surface area contributed by atoms with Crippen molar-refractivity contribution in [2.24, 2.45) is 5.73 Å². The van der Waals surface area contributed by atoms with Crippen LogP contribution in [-0.4, -0.2) is 35.4 Å². The number of carbonyl (C=O) groups is 1. The molecule has 3 rings (SSSR count). The minimum Gasteiger partial charge on any atom is -0.331 e. The Morgan fingerprint density at radius 2 is 1.93 bits per heavy atom. The molecule has 1 fully saturated rings. The maximum Gasteiger partial charge on any atom is 0.282 e. The quantitative estimate of drug-likeness (QED) is 0.775. The number of benzene rings is 2. The van der Waals surface area contributed by atoms with E-state index in [1.807, 2.05) is 0 Å². The highest BCUT2D eigenvalue weighted by Gasteiger charge is 2.53. The van der Waals surface area contributed by atoms with Gasteiger partial charge < -0.3 is 10.6 Å². The molecule has 1 saturated heterocycles. The first-order valence-electron chi connectivity index (χ1n) is 9.20. The third kappa shape index (κ3) is 3.90. The second-order valence-corrected chi connectivity index (χ2v) is 7.12. The van der Waals surface area contributed by atoms with Crippen LogP contribution in [0.1, 0.15) is 25.3 Å². The van der Waals surface area contributed by atoms with Gasteiger partial charge in [-0.2, -0.15) is 0 Å². The van der Waals surface area contributed by atoms with E-state index in [0.717, 1.165) is 4.90 Å². The van der Waals surface area contributed by atoms with Crippen molar-refractivity contribution in [1.82, 2.24) is 4.90 Å². The van der Waals surface area contributed by atoms with Gasteiger partial charge in [0.05, 0.1) is 18.6 Å². The summed E-state index contributed by atoms with van der Waals surface area (Å²) in [5.74, 6) is -4.78. The van der Waals surface area contributed by atoms with Crippen molar-refractivity contribution >= 4 is 5.91 Å². The number of likely N-dealkylation sites (tertiary alicyclic amines) is 1. The molecule has 0 aromatic heterocycles. The van der Waals surface area contributed by atoms with Crippen LogP contribution in [0, 0.1) is 11.6 Å². The molecular weight excluding hydrogens is 372 g/mol. The van der Waals surface area contributed by atoms with E-state index in [1.54, 1.807) is 19.1 Å². The van der Waals surface area contributed by atoms with Crippen LogP contribution in [0.3, 0.4) is 0 Å². The first-order valence-corrected chi connectivity index (χ1v) is 9.20. The molecule has 1 heterocycles.